The van der Waals surface area contributed by atoms with E-state index in [2.05, 4.69) is 49.5 Å². The molecule has 3 nitrogen and oxygen atoms in total. The fraction of sp³-hybridized carbons (Fsp3) is 0.455. The zero-order chi connectivity index (χ0) is 18.8. The maximum absolute atomic E-state index is 6.43. The first-order valence-electron chi connectivity index (χ1n) is 9.49. The van der Waals surface area contributed by atoms with Crippen LogP contribution in [0.4, 0.5) is 0 Å². The average Bonchev–Trinajstić information content (AvgIpc) is 2.65. The van der Waals surface area contributed by atoms with Crippen molar-refractivity contribution in [3.05, 3.63) is 58.6 Å². The Morgan fingerprint density at radius 3 is 2.50 bits per heavy atom. The highest BCUT2D eigenvalue weighted by molar-refractivity contribution is 6.32. The largest absolute Gasteiger partial charge is 0.490 e. The fourth-order valence-corrected chi connectivity index (χ4v) is 3.04. The smallest absolute Gasteiger partial charge is 0.179 e. The molecule has 1 N–H and O–H groups in total. The van der Waals surface area contributed by atoms with E-state index in [4.69, 9.17) is 21.1 Å². The van der Waals surface area contributed by atoms with E-state index in [9.17, 15) is 0 Å². The van der Waals surface area contributed by atoms with Crippen LogP contribution in [0.2, 0.25) is 5.02 Å². The van der Waals surface area contributed by atoms with E-state index in [-0.39, 0.29) is 0 Å². The van der Waals surface area contributed by atoms with Gasteiger partial charge in [0.1, 0.15) is 0 Å². The molecule has 0 amide bonds. The molecular formula is C22H30ClNO2. The molecule has 0 radical (unpaired) electrons. The molecule has 0 bridgehead atoms. The lowest BCUT2D eigenvalue weighted by atomic mass is 10.1. The zero-order valence-corrected chi connectivity index (χ0v) is 16.8. The van der Waals surface area contributed by atoms with Gasteiger partial charge in [0.15, 0.2) is 11.5 Å². The lowest BCUT2D eigenvalue weighted by Crippen LogP contribution is -2.26. The number of hydrogen-bond donors (Lipinski definition) is 1. The third-order valence-corrected chi connectivity index (χ3v) is 4.46. The second-order valence-electron chi connectivity index (χ2n) is 6.49. The van der Waals surface area contributed by atoms with Crippen LogP contribution in [0.15, 0.2) is 42.5 Å². The number of hydrogen-bond acceptors (Lipinski definition) is 3. The van der Waals surface area contributed by atoms with E-state index < -0.39 is 0 Å². The highest BCUT2D eigenvalue weighted by Crippen LogP contribution is 2.36. The minimum atomic E-state index is 0.417. The molecule has 0 aromatic heterocycles. The summed E-state index contributed by atoms with van der Waals surface area (Å²) in [6, 6.07) is 15.0. The number of rotatable bonds is 11. The summed E-state index contributed by atoms with van der Waals surface area (Å²) in [5.41, 5.74) is 2.48. The van der Waals surface area contributed by atoms with Crippen LogP contribution in [-0.2, 0) is 13.0 Å². The van der Waals surface area contributed by atoms with Crippen LogP contribution in [-0.4, -0.2) is 19.3 Å². The number of aryl methyl sites for hydroxylation is 1. The predicted molar refractivity (Wildman–Crippen MR) is 109 cm³/mol. The molecule has 0 saturated heterocycles. The molecule has 2 rings (SSSR count). The molecule has 2 aromatic carbocycles. The molecule has 0 unspecified atom stereocenters. The number of benzene rings is 2. The first kappa shape index (κ1) is 20.6. The van der Waals surface area contributed by atoms with Crippen LogP contribution >= 0.6 is 11.6 Å². The molecule has 2 aromatic rings. The Kier molecular flexibility index (Phi) is 8.79. The average molecular weight is 376 g/mol. The van der Waals surface area contributed by atoms with E-state index in [0.717, 1.165) is 37.1 Å². The van der Waals surface area contributed by atoms with E-state index in [1.807, 2.05) is 19.1 Å². The van der Waals surface area contributed by atoms with Gasteiger partial charge in [-0.3, -0.25) is 0 Å². The van der Waals surface area contributed by atoms with Gasteiger partial charge in [-0.05, 0) is 56.4 Å². The van der Waals surface area contributed by atoms with Gasteiger partial charge in [0.2, 0.25) is 0 Å². The van der Waals surface area contributed by atoms with Gasteiger partial charge in [0, 0.05) is 12.6 Å². The van der Waals surface area contributed by atoms with Gasteiger partial charge in [-0.1, -0.05) is 48.9 Å². The Morgan fingerprint density at radius 2 is 1.81 bits per heavy atom. The first-order valence-corrected chi connectivity index (χ1v) is 9.87. The van der Waals surface area contributed by atoms with Crippen LogP contribution < -0.4 is 14.8 Å². The monoisotopic (exact) mass is 375 g/mol. The topological polar surface area (TPSA) is 30.5 Å². The Bertz CT molecular complexity index is 661. The summed E-state index contributed by atoms with van der Waals surface area (Å²) >= 11 is 6.43. The molecule has 1 atom stereocenters. The lowest BCUT2D eigenvalue weighted by molar-refractivity contribution is 0.276. The van der Waals surface area contributed by atoms with Gasteiger partial charge in [0.25, 0.3) is 0 Å². The highest BCUT2D eigenvalue weighted by atomic mass is 35.5. The lowest BCUT2D eigenvalue weighted by Gasteiger charge is -2.17. The van der Waals surface area contributed by atoms with Gasteiger partial charge in [-0.15, -0.1) is 0 Å². The number of nitrogens with one attached hydrogen (secondary N) is 1. The first-order chi connectivity index (χ1) is 12.6. The predicted octanol–water partition coefficient (Wildman–Crippen LogP) is 5.64. The molecule has 142 valence electrons. The summed E-state index contributed by atoms with van der Waals surface area (Å²) in [6.45, 7) is 8.23. The molecule has 0 spiro atoms. The summed E-state index contributed by atoms with van der Waals surface area (Å²) in [5, 5.41) is 4.18. The van der Waals surface area contributed by atoms with Gasteiger partial charge < -0.3 is 14.8 Å². The Hall–Kier alpha value is -1.71. The van der Waals surface area contributed by atoms with Crippen molar-refractivity contribution in [1.29, 1.82) is 0 Å². The van der Waals surface area contributed by atoms with Crippen LogP contribution in [0.3, 0.4) is 0 Å². The Balaban J connectivity index is 1.93. The second kappa shape index (κ2) is 11.1. The van der Waals surface area contributed by atoms with E-state index >= 15 is 0 Å². The van der Waals surface area contributed by atoms with Crippen LogP contribution in [0.25, 0.3) is 0 Å². The van der Waals surface area contributed by atoms with Crippen molar-refractivity contribution in [2.24, 2.45) is 0 Å². The van der Waals surface area contributed by atoms with Crippen LogP contribution in [0.5, 0.6) is 11.5 Å². The maximum Gasteiger partial charge on any atom is 0.179 e. The summed E-state index contributed by atoms with van der Waals surface area (Å²) in [6.07, 6.45) is 3.10. The van der Waals surface area contributed by atoms with Crippen molar-refractivity contribution in [2.75, 3.05) is 13.2 Å². The summed E-state index contributed by atoms with van der Waals surface area (Å²) < 4.78 is 11.5. The molecule has 0 heterocycles. The third-order valence-electron chi connectivity index (χ3n) is 4.18. The van der Waals surface area contributed by atoms with Crippen LogP contribution in [0, 0.1) is 0 Å². The minimum absolute atomic E-state index is 0.417. The minimum Gasteiger partial charge on any atom is -0.490 e. The normalized spacial score (nSPS) is 12.0. The molecule has 0 fully saturated rings. The van der Waals surface area contributed by atoms with E-state index in [1.165, 1.54) is 5.56 Å². The highest BCUT2D eigenvalue weighted by Gasteiger charge is 2.13. The molecule has 0 saturated carbocycles. The van der Waals surface area contributed by atoms with E-state index in [1.54, 1.807) is 0 Å². The Labute approximate surface area is 162 Å². The van der Waals surface area contributed by atoms with Gasteiger partial charge >= 0.3 is 0 Å². The van der Waals surface area contributed by atoms with Crippen molar-refractivity contribution in [3.63, 3.8) is 0 Å². The molecule has 0 aliphatic heterocycles. The quantitative estimate of drug-likeness (QED) is 0.551. The molecular weight excluding hydrogens is 346 g/mol. The molecule has 0 aliphatic rings. The van der Waals surface area contributed by atoms with Crippen molar-refractivity contribution in [2.45, 2.75) is 52.6 Å². The van der Waals surface area contributed by atoms with Gasteiger partial charge in [-0.2, -0.15) is 0 Å². The zero-order valence-electron chi connectivity index (χ0n) is 16.1. The van der Waals surface area contributed by atoms with Crippen molar-refractivity contribution in [1.82, 2.24) is 5.32 Å². The second-order valence-corrected chi connectivity index (χ2v) is 6.90. The summed E-state index contributed by atoms with van der Waals surface area (Å²) in [7, 11) is 0. The van der Waals surface area contributed by atoms with Crippen molar-refractivity contribution in [3.8, 4) is 11.5 Å². The molecule has 26 heavy (non-hydrogen) atoms. The summed E-state index contributed by atoms with van der Waals surface area (Å²) in [5.74, 6) is 1.37. The maximum atomic E-state index is 6.43. The summed E-state index contributed by atoms with van der Waals surface area (Å²) in [4.78, 5) is 0. The van der Waals surface area contributed by atoms with Crippen LogP contribution in [0.1, 0.15) is 44.7 Å². The van der Waals surface area contributed by atoms with Gasteiger partial charge in [-0.25, -0.2) is 0 Å². The molecule has 0 aliphatic carbocycles. The number of ether oxygens (including phenoxy) is 2. The number of halogens is 1. The standard InChI is InChI=1S/C22H30ClNO2/c1-4-13-26-22-20(23)14-19(15-21(22)25-5-2)16-24-17(3)11-12-18-9-7-6-8-10-18/h6-10,14-15,17,24H,4-5,11-13,16H2,1-3H3/t17-/m1/s1. The van der Waals surface area contributed by atoms with E-state index in [0.29, 0.717) is 30.0 Å². The van der Waals surface area contributed by atoms with Crippen molar-refractivity contribution < 1.29 is 9.47 Å². The third kappa shape index (κ3) is 6.54. The fourth-order valence-electron chi connectivity index (χ4n) is 2.75. The Morgan fingerprint density at radius 1 is 1.04 bits per heavy atom. The molecule has 4 heteroatoms. The SMILES string of the molecule is CCCOc1c(Cl)cc(CN[C@H](C)CCc2ccccc2)cc1OCC. The van der Waals surface area contributed by atoms with Crippen molar-refractivity contribution >= 4 is 11.6 Å². The van der Waals surface area contributed by atoms with Gasteiger partial charge in [0.05, 0.1) is 18.2 Å².